The molecule has 1 aromatic heterocycles. The highest BCUT2D eigenvalue weighted by Gasteiger charge is 2.18. The Kier molecular flexibility index (Phi) is 5.08. The van der Waals surface area contributed by atoms with E-state index in [1.807, 2.05) is 36.4 Å². The number of aromatic nitrogens is 1. The largest absolute Gasteiger partial charge is 0.377 e. The summed E-state index contributed by atoms with van der Waals surface area (Å²) in [6.45, 7) is 0.854. The monoisotopic (exact) mass is 314 g/mol. The van der Waals surface area contributed by atoms with E-state index in [0.717, 1.165) is 30.1 Å². The Bertz CT molecular complexity index is 628. The number of nitrogens with one attached hydrogen (secondary N) is 1. The molecule has 5 heteroatoms. The summed E-state index contributed by atoms with van der Waals surface area (Å²) in [5.41, 5.74) is 0.677. The Balaban J connectivity index is 1.68. The van der Waals surface area contributed by atoms with Crippen molar-refractivity contribution in [2.75, 3.05) is 17.7 Å². The van der Waals surface area contributed by atoms with Crippen LogP contribution in [-0.4, -0.2) is 29.4 Å². The third-order valence-electron chi connectivity index (χ3n) is 3.49. The SMILES string of the molecule is O=C(Nc1ccccn1)c1ccccc1SCC1CCCO1. The molecule has 1 aliphatic rings. The minimum Gasteiger partial charge on any atom is -0.377 e. The van der Waals surface area contributed by atoms with E-state index < -0.39 is 0 Å². The number of hydrogen-bond donors (Lipinski definition) is 1. The number of ether oxygens (including phenoxy) is 1. The molecule has 2 aromatic rings. The van der Waals surface area contributed by atoms with Crippen molar-refractivity contribution in [2.24, 2.45) is 0 Å². The second-order valence-electron chi connectivity index (χ2n) is 5.11. The number of anilines is 1. The summed E-state index contributed by atoms with van der Waals surface area (Å²) in [7, 11) is 0. The van der Waals surface area contributed by atoms with Crippen molar-refractivity contribution in [3.05, 3.63) is 54.2 Å². The maximum absolute atomic E-state index is 12.4. The minimum absolute atomic E-state index is 0.130. The molecular weight excluding hydrogens is 296 g/mol. The summed E-state index contributed by atoms with van der Waals surface area (Å²) in [6, 6.07) is 13.1. The van der Waals surface area contributed by atoms with Gasteiger partial charge in [0.25, 0.3) is 5.91 Å². The fourth-order valence-electron chi connectivity index (χ4n) is 2.36. The molecule has 1 N–H and O–H groups in total. The standard InChI is InChI=1S/C17H18N2O2S/c20-17(19-16-9-3-4-10-18-16)14-7-1-2-8-15(14)22-12-13-6-5-11-21-13/h1-4,7-10,13H,5-6,11-12H2,(H,18,19,20). The molecule has 0 aliphatic carbocycles. The normalized spacial score (nSPS) is 17.4. The third-order valence-corrected chi connectivity index (χ3v) is 4.69. The van der Waals surface area contributed by atoms with E-state index in [0.29, 0.717) is 17.5 Å². The van der Waals surface area contributed by atoms with Crippen LogP contribution in [0.3, 0.4) is 0 Å². The van der Waals surface area contributed by atoms with Crippen LogP contribution in [0.1, 0.15) is 23.2 Å². The van der Waals surface area contributed by atoms with Gasteiger partial charge in [-0.05, 0) is 37.1 Å². The number of amides is 1. The molecule has 2 heterocycles. The van der Waals surface area contributed by atoms with Crippen molar-refractivity contribution in [2.45, 2.75) is 23.8 Å². The second kappa shape index (κ2) is 7.42. The van der Waals surface area contributed by atoms with Crippen LogP contribution in [0, 0.1) is 0 Å². The van der Waals surface area contributed by atoms with Crippen molar-refractivity contribution in [3.8, 4) is 0 Å². The van der Waals surface area contributed by atoms with Crippen LogP contribution in [0.5, 0.6) is 0 Å². The zero-order chi connectivity index (χ0) is 15.2. The van der Waals surface area contributed by atoms with E-state index >= 15 is 0 Å². The summed E-state index contributed by atoms with van der Waals surface area (Å²) in [6.07, 6.45) is 4.20. The molecule has 1 saturated heterocycles. The molecule has 114 valence electrons. The summed E-state index contributed by atoms with van der Waals surface area (Å²) >= 11 is 1.68. The first kappa shape index (κ1) is 15.1. The topological polar surface area (TPSA) is 51.2 Å². The lowest BCUT2D eigenvalue weighted by Crippen LogP contribution is -2.14. The van der Waals surface area contributed by atoms with E-state index in [4.69, 9.17) is 4.74 Å². The molecule has 1 aromatic carbocycles. The summed E-state index contributed by atoms with van der Waals surface area (Å²) in [5.74, 6) is 1.31. The molecule has 1 atom stereocenters. The van der Waals surface area contributed by atoms with Crippen LogP contribution in [0.4, 0.5) is 5.82 Å². The first-order chi connectivity index (χ1) is 10.8. The fourth-order valence-corrected chi connectivity index (χ4v) is 3.48. The average molecular weight is 314 g/mol. The fraction of sp³-hybridized carbons (Fsp3) is 0.294. The highest BCUT2D eigenvalue weighted by atomic mass is 32.2. The van der Waals surface area contributed by atoms with Gasteiger partial charge in [0.1, 0.15) is 5.82 Å². The second-order valence-corrected chi connectivity index (χ2v) is 6.17. The van der Waals surface area contributed by atoms with E-state index in [-0.39, 0.29) is 5.91 Å². The number of nitrogens with zero attached hydrogens (tertiary/aromatic N) is 1. The van der Waals surface area contributed by atoms with Crippen molar-refractivity contribution < 1.29 is 9.53 Å². The van der Waals surface area contributed by atoms with Crippen molar-refractivity contribution in [1.82, 2.24) is 4.98 Å². The number of pyridine rings is 1. The summed E-state index contributed by atoms with van der Waals surface area (Å²) < 4.78 is 5.64. The maximum Gasteiger partial charge on any atom is 0.257 e. The molecule has 0 saturated carbocycles. The van der Waals surface area contributed by atoms with Crippen LogP contribution >= 0.6 is 11.8 Å². The number of rotatable bonds is 5. The lowest BCUT2D eigenvalue weighted by atomic mass is 10.2. The zero-order valence-electron chi connectivity index (χ0n) is 12.2. The zero-order valence-corrected chi connectivity index (χ0v) is 13.0. The van der Waals surface area contributed by atoms with Gasteiger partial charge < -0.3 is 10.1 Å². The predicted octanol–water partition coefficient (Wildman–Crippen LogP) is 3.61. The van der Waals surface area contributed by atoms with Gasteiger partial charge in [0.15, 0.2) is 0 Å². The maximum atomic E-state index is 12.4. The molecule has 1 unspecified atom stereocenters. The van der Waals surface area contributed by atoms with E-state index in [9.17, 15) is 4.79 Å². The number of thioether (sulfide) groups is 1. The number of carbonyl (C=O) groups is 1. The first-order valence-electron chi connectivity index (χ1n) is 7.39. The van der Waals surface area contributed by atoms with E-state index in [1.54, 1.807) is 24.0 Å². The lowest BCUT2D eigenvalue weighted by molar-refractivity contribution is 0.102. The number of hydrogen-bond acceptors (Lipinski definition) is 4. The van der Waals surface area contributed by atoms with Crippen LogP contribution < -0.4 is 5.32 Å². The highest BCUT2D eigenvalue weighted by Crippen LogP contribution is 2.27. The third kappa shape index (κ3) is 3.87. The molecular formula is C17H18N2O2S. The number of carbonyl (C=O) groups excluding carboxylic acids is 1. The van der Waals surface area contributed by atoms with Crippen LogP contribution in [0.25, 0.3) is 0 Å². The summed E-state index contributed by atoms with van der Waals surface area (Å²) in [5, 5.41) is 2.83. The average Bonchev–Trinajstić information content (AvgIpc) is 3.07. The Morgan fingerprint density at radius 1 is 1.27 bits per heavy atom. The highest BCUT2D eigenvalue weighted by molar-refractivity contribution is 7.99. The Morgan fingerprint density at radius 2 is 2.14 bits per heavy atom. The van der Waals surface area contributed by atoms with Gasteiger partial charge in [0, 0.05) is 23.5 Å². The quantitative estimate of drug-likeness (QED) is 0.857. The Hall–Kier alpha value is -1.85. The van der Waals surface area contributed by atoms with Gasteiger partial charge in [-0.1, -0.05) is 18.2 Å². The molecule has 0 spiro atoms. The molecule has 4 nitrogen and oxygen atoms in total. The Morgan fingerprint density at radius 3 is 2.91 bits per heavy atom. The predicted molar refractivity (Wildman–Crippen MR) is 88.3 cm³/mol. The smallest absolute Gasteiger partial charge is 0.257 e. The molecule has 3 rings (SSSR count). The lowest BCUT2D eigenvalue weighted by Gasteiger charge is -2.12. The van der Waals surface area contributed by atoms with Gasteiger partial charge >= 0.3 is 0 Å². The van der Waals surface area contributed by atoms with Gasteiger partial charge in [-0.3, -0.25) is 4.79 Å². The van der Waals surface area contributed by atoms with Gasteiger partial charge in [-0.25, -0.2) is 4.98 Å². The van der Waals surface area contributed by atoms with Gasteiger partial charge in [-0.15, -0.1) is 11.8 Å². The van der Waals surface area contributed by atoms with Crippen LogP contribution in [0.15, 0.2) is 53.6 Å². The van der Waals surface area contributed by atoms with Gasteiger partial charge in [-0.2, -0.15) is 0 Å². The molecule has 0 radical (unpaired) electrons. The first-order valence-corrected chi connectivity index (χ1v) is 8.37. The van der Waals surface area contributed by atoms with Crippen molar-refractivity contribution in [3.63, 3.8) is 0 Å². The van der Waals surface area contributed by atoms with Gasteiger partial charge in [0.2, 0.25) is 0 Å². The Labute approximate surface area is 134 Å². The van der Waals surface area contributed by atoms with Crippen molar-refractivity contribution in [1.29, 1.82) is 0 Å². The number of benzene rings is 1. The van der Waals surface area contributed by atoms with Crippen LogP contribution in [0.2, 0.25) is 0 Å². The van der Waals surface area contributed by atoms with E-state index in [2.05, 4.69) is 10.3 Å². The molecule has 1 fully saturated rings. The van der Waals surface area contributed by atoms with E-state index in [1.165, 1.54) is 0 Å². The minimum atomic E-state index is -0.130. The van der Waals surface area contributed by atoms with Gasteiger partial charge in [0.05, 0.1) is 11.7 Å². The molecule has 1 aliphatic heterocycles. The summed E-state index contributed by atoms with van der Waals surface area (Å²) in [4.78, 5) is 17.5. The van der Waals surface area contributed by atoms with Crippen molar-refractivity contribution >= 4 is 23.5 Å². The molecule has 0 bridgehead atoms. The molecule has 22 heavy (non-hydrogen) atoms. The van der Waals surface area contributed by atoms with Crippen LogP contribution in [-0.2, 0) is 4.74 Å². The molecule has 1 amide bonds.